The van der Waals surface area contributed by atoms with Gasteiger partial charge in [0, 0.05) is 12.1 Å². The molecule has 0 spiro atoms. The summed E-state index contributed by atoms with van der Waals surface area (Å²) < 4.78 is 1.60. The minimum atomic E-state index is -0.178. The number of rotatable bonds is 1. The van der Waals surface area contributed by atoms with E-state index in [-0.39, 0.29) is 16.8 Å². The third kappa shape index (κ3) is 1.92. The molecule has 3 heterocycles. The van der Waals surface area contributed by atoms with Crippen molar-refractivity contribution in [2.24, 2.45) is 5.16 Å². The van der Waals surface area contributed by atoms with E-state index < -0.39 is 0 Å². The standard InChI is InChI=1S/C17H13N3O3/c21-16-14-13(6-5-11(19-14)9-18-23)17(22)20-8-7-10-3-1-2-4-12(10)15(16)20/h1-6,9,21,23H,7-8H2/b18-9+. The van der Waals surface area contributed by atoms with E-state index in [0.717, 1.165) is 23.8 Å². The van der Waals surface area contributed by atoms with E-state index in [1.807, 2.05) is 24.3 Å². The molecule has 0 atom stereocenters. The molecule has 0 aliphatic carbocycles. The Labute approximate surface area is 131 Å². The minimum absolute atomic E-state index is 0.0278. The first-order valence-corrected chi connectivity index (χ1v) is 7.23. The number of pyridine rings is 2. The highest BCUT2D eigenvalue weighted by Crippen LogP contribution is 2.37. The number of aromatic nitrogens is 2. The zero-order chi connectivity index (χ0) is 16.0. The van der Waals surface area contributed by atoms with Crippen LogP contribution in [0.5, 0.6) is 5.75 Å². The summed E-state index contributed by atoms with van der Waals surface area (Å²) in [5.41, 5.74) is 2.84. The van der Waals surface area contributed by atoms with Crippen LogP contribution in [0.2, 0.25) is 0 Å². The number of oxime groups is 1. The smallest absolute Gasteiger partial charge is 0.260 e. The number of nitrogens with zero attached hydrogens (tertiary/aromatic N) is 3. The van der Waals surface area contributed by atoms with Crippen LogP contribution in [-0.4, -0.2) is 26.1 Å². The summed E-state index contributed by atoms with van der Waals surface area (Å²) in [5.74, 6) is -0.0278. The first kappa shape index (κ1) is 13.5. The van der Waals surface area contributed by atoms with Crippen molar-refractivity contribution in [1.82, 2.24) is 9.55 Å². The predicted molar refractivity (Wildman–Crippen MR) is 86.2 cm³/mol. The first-order chi connectivity index (χ1) is 11.2. The molecule has 114 valence electrons. The fraction of sp³-hybridized carbons (Fsp3) is 0.118. The van der Waals surface area contributed by atoms with Gasteiger partial charge in [0.25, 0.3) is 5.56 Å². The topological polar surface area (TPSA) is 87.7 Å². The van der Waals surface area contributed by atoms with E-state index >= 15 is 0 Å². The van der Waals surface area contributed by atoms with Crippen LogP contribution in [0.4, 0.5) is 0 Å². The Hall–Kier alpha value is -3.15. The summed E-state index contributed by atoms with van der Waals surface area (Å²) in [6, 6.07) is 10.9. The van der Waals surface area contributed by atoms with E-state index in [4.69, 9.17) is 5.21 Å². The number of aryl methyl sites for hydroxylation is 1. The Balaban J connectivity index is 2.13. The SMILES string of the molecule is O=c1c2ccc(/C=N/O)nc2c(O)c2n1CCc1ccccc1-2. The molecule has 1 aromatic carbocycles. The molecular formula is C17H13N3O3. The van der Waals surface area contributed by atoms with Gasteiger partial charge in [0.1, 0.15) is 5.52 Å². The maximum atomic E-state index is 12.7. The van der Waals surface area contributed by atoms with Crippen LogP contribution in [0, 0.1) is 0 Å². The summed E-state index contributed by atoms with van der Waals surface area (Å²) in [4.78, 5) is 17.0. The van der Waals surface area contributed by atoms with Crippen molar-refractivity contribution in [2.45, 2.75) is 13.0 Å². The zero-order valence-electron chi connectivity index (χ0n) is 12.1. The van der Waals surface area contributed by atoms with Crippen molar-refractivity contribution >= 4 is 17.1 Å². The molecule has 0 saturated heterocycles. The maximum Gasteiger partial charge on any atom is 0.260 e. The minimum Gasteiger partial charge on any atom is -0.504 e. The van der Waals surface area contributed by atoms with Gasteiger partial charge in [-0.3, -0.25) is 4.79 Å². The average molecular weight is 307 g/mol. The van der Waals surface area contributed by atoms with E-state index in [0.29, 0.717) is 23.3 Å². The second-order valence-electron chi connectivity index (χ2n) is 5.44. The molecule has 6 heteroatoms. The molecule has 0 fully saturated rings. The van der Waals surface area contributed by atoms with Crippen molar-refractivity contribution < 1.29 is 10.3 Å². The van der Waals surface area contributed by atoms with E-state index in [2.05, 4.69) is 10.1 Å². The molecule has 0 bridgehead atoms. The summed E-state index contributed by atoms with van der Waals surface area (Å²) in [6.45, 7) is 0.522. The van der Waals surface area contributed by atoms with Gasteiger partial charge in [-0.25, -0.2) is 4.98 Å². The van der Waals surface area contributed by atoms with E-state index in [9.17, 15) is 9.90 Å². The molecule has 23 heavy (non-hydrogen) atoms. The van der Waals surface area contributed by atoms with Crippen LogP contribution in [0.3, 0.4) is 0 Å². The average Bonchev–Trinajstić information content (AvgIpc) is 2.59. The van der Waals surface area contributed by atoms with Crippen LogP contribution < -0.4 is 5.56 Å². The lowest BCUT2D eigenvalue weighted by Crippen LogP contribution is -2.26. The van der Waals surface area contributed by atoms with Crippen molar-refractivity contribution in [1.29, 1.82) is 0 Å². The van der Waals surface area contributed by atoms with Gasteiger partial charge < -0.3 is 14.9 Å². The zero-order valence-corrected chi connectivity index (χ0v) is 12.1. The predicted octanol–water partition coefficient (Wildman–Crippen LogP) is 2.13. The monoisotopic (exact) mass is 307 g/mol. The van der Waals surface area contributed by atoms with Gasteiger partial charge >= 0.3 is 0 Å². The third-order valence-electron chi connectivity index (χ3n) is 4.18. The van der Waals surface area contributed by atoms with Crippen molar-refractivity contribution in [3.8, 4) is 17.0 Å². The van der Waals surface area contributed by atoms with Crippen molar-refractivity contribution in [3.63, 3.8) is 0 Å². The van der Waals surface area contributed by atoms with Gasteiger partial charge in [-0.1, -0.05) is 29.4 Å². The number of aromatic hydroxyl groups is 1. The van der Waals surface area contributed by atoms with Crippen LogP contribution in [0.25, 0.3) is 22.2 Å². The van der Waals surface area contributed by atoms with Crippen LogP contribution in [-0.2, 0) is 13.0 Å². The lowest BCUT2D eigenvalue weighted by atomic mass is 9.96. The van der Waals surface area contributed by atoms with Crippen LogP contribution in [0.1, 0.15) is 11.3 Å². The molecule has 0 amide bonds. The molecule has 1 aliphatic heterocycles. The Morgan fingerprint density at radius 3 is 2.87 bits per heavy atom. The van der Waals surface area contributed by atoms with Crippen LogP contribution >= 0.6 is 0 Å². The van der Waals surface area contributed by atoms with E-state index in [1.54, 1.807) is 16.7 Å². The number of hydrogen-bond donors (Lipinski definition) is 2. The number of hydrogen-bond acceptors (Lipinski definition) is 5. The van der Waals surface area contributed by atoms with Gasteiger partial charge in [0.2, 0.25) is 0 Å². The van der Waals surface area contributed by atoms with Crippen molar-refractivity contribution in [2.75, 3.05) is 0 Å². The lowest BCUT2D eigenvalue weighted by molar-refractivity contribution is 0.321. The number of fused-ring (bicyclic) bond motifs is 4. The molecule has 3 aromatic rings. The highest BCUT2D eigenvalue weighted by Gasteiger charge is 2.23. The highest BCUT2D eigenvalue weighted by atomic mass is 16.4. The fourth-order valence-corrected chi connectivity index (χ4v) is 3.13. The number of benzene rings is 1. The van der Waals surface area contributed by atoms with Gasteiger partial charge in [-0.15, -0.1) is 0 Å². The van der Waals surface area contributed by atoms with Gasteiger partial charge in [-0.2, -0.15) is 0 Å². The first-order valence-electron chi connectivity index (χ1n) is 7.23. The largest absolute Gasteiger partial charge is 0.504 e. The molecule has 4 rings (SSSR count). The van der Waals surface area contributed by atoms with E-state index in [1.165, 1.54) is 0 Å². The molecular weight excluding hydrogens is 294 g/mol. The highest BCUT2D eigenvalue weighted by molar-refractivity contribution is 5.93. The Morgan fingerprint density at radius 2 is 2.04 bits per heavy atom. The van der Waals surface area contributed by atoms with Gasteiger partial charge in [0.15, 0.2) is 5.75 Å². The van der Waals surface area contributed by atoms with Crippen molar-refractivity contribution in [3.05, 3.63) is 58.0 Å². The Kier molecular flexibility index (Phi) is 2.90. The molecule has 6 nitrogen and oxygen atoms in total. The molecule has 0 radical (unpaired) electrons. The second-order valence-corrected chi connectivity index (χ2v) is 5.44. The molecule has 0 unspecified atom stereocenters. The quantitative estimate of drug-likeness (QED) is 0.409. The van der Waals surface area contributed by atoms with Crippen LogP contribution in [0.15, 0.2) is 46.3 Å². The summed E-state index contributed by atoms with van der Waals surface area (Å²) in [5, 5.41) is 22.7. The summed E-state index contributed by atoms with van der Waals surface area (Å²) >= 11 is 0. The summed E-state index contributed by atoms with van der Waals surface area (Å²) in [6.07, 6.45) is 1.90. The second kappa shape index (κ2) is 4.95. The third-order valence-corrected chi connectivity index (χ3v) is 4.18. The van der Waals surface area contributed by atoms with Gasteiger partial charge in [-0.05, 0) is 24.1 Å². The summed E-state index contributed by atoms with van der Waals surface area (Å²) in [7, 11) is 0. The fourth-order valence-electron chi connectivity index (χ4n) is 3.13. The molecule has 1 aliphatic rings. The Bertz CT molecular complexity index is 1020. The maximum absolute atomic E-state index is 12.7. The lowest BCUT2D eigenvalue weighted by Gasteiger charge is -2.23. The molecule has 2 N–H and O–H groups in total. The Morgan fingerprint density at radius 1 is 1.22 bits per heavy atom. The molecule has 2 aromatic heterocycles. The normalized spacial score (nSPS) is 13.2. The molecule has 0 saturated carbocycles. The van der Waals surface area contributed by atoms with Gasteiger partial charge in [0.05, 0.1) is 23.0 Å².